The van der Waals surface area contributed by atoms with Crippen LogP contribution in [0.2, 0.25) is 0 Å². The summed E-state index contributed by atoms with van der Waals surface area (Å²) < 4.78 is 11.7. The number of thiophene rings is 1. The smallest absolute Gasteiger partial charge is 0.164 e. The van der Waals surface area contributed by atoms with Gasteiger partial charge in [0, 0.05) is 58.4 Å². The normalized spacial score (nSPS) is 11.9. The van der Waals surface area contributed by atoms with Gasteiger partial charge in [-0.25, -0.2) is 15.0 Å². The lowest BCUT2D eigenvalue weighted by Crippen LogP contribution is -2.01. The zero-order valence-corrected chi connectivity index (χ0v) is 33.4. The van der Waals surface area contributed by atoms with Gasteiger partial charge in [-0.05, 0) is 88.6 Å². The third kappa shape index (κ3) is 5.43. The Bertz CT molecular complexity index is 3900. The number of furan rings is 1. The molecule has 0 aliphatic rings. The number of fused-ring (bicyclic) bond motifs is 10. The fraction of sp³-hybridized carbons (Fsp3) is 0. The van der Waals surface area contributed by atoms with Gasteiger partial charge >= 0.3 is 0 Å². The van der Waals surface area contributed by atoms with E-state index in [1.54, 1.807) is 11.3 Å². The van der Waals surface area contributed by atoms with Crippen molar-refractivity contribution in [2.75, 3.05) is 0 Å². The molecule has 61 heavy (non-hydrogen) atoms. The molecule has 0 unspecified atom stereocenters. The van der Waals surface area contributed by atoms with Gasteiger partial charge in [-0.3, -0.25) is 0 Å². The first-order valence-corrected chi connectivity index (χ1v) is 21.2. The van der Waals surface area contributed by atoms with Gasteiger partial charge in [0.05, 0.1) is 16.7 Å². The SMILES string of the molecule is c1ccc(-c2cccc(-c3nc(-c4ccc5sc6ccccc6c5c4)nc(-c4cc(-n5c6ccccc6c6cc7ccccc7cc65)c5oc6ccccc6c5c4)n3)c2)cc1. The van der Waals surface area contributed by atoms with Crippen molar-refractivity contribution in [2.45, 2.75) is 0 Å². The molecule has 0 saturated heterocycles. The first-order valence-electron chi connectivity index (χ1n) is 20.4. The van der Waals surface area contributed by atoms with Crippen LogP contribution in [-0.2, 0) is 0 Å². The van der Waals surface area contributed by atoms with Gasteiger partial charge in [-0.15, -0.1) is 11.3 Å². The van der Waals surface area contributed by atoms with E-state index in [0.717, 1.165) is 66.5 Å². The lowest BCUT2D eigenvalue weighted by atomic mass is 10.0. The van der Waals surface area contributed by atoms with Crippen molar-refractivity contribution in [3.8, 4) is 51.0 Å². The summed E-state index contributed by atoms with van der Waals surface area (Å²) in [5.41, 5.74) is 9.70. The van der Waals surface area contributed by atoms with Gasteiger partial charge in [0.15, 0.2) is 23.1 Å². The first-order chi connectivity index (χ1) is 30.2. The van der Waals surface area contributed by atoms with Gasteiger partial charge in [-0.2, -0.15) is 0 Å². The molecule has 0 spiro atoms. The molecule has 0 aliphatic carbocycles. The molecular formula is C55H32N4OS. The number of aromatic nitrogens is 4. The average molecular weight is 797 g/mol. The zero-order chi connectivity index (χ0) is 40.0. The molecule has 0 amide bonds. The fourth-order valence-electron chi connectivity index (χ4n) is 9.12. The van der Waals surface area contributed by atoms with Crippen LogP contribution in [0.1, 0.15) is 0 Å². The van der Waals surface area contributed by atoms with Gasteiger partial charge in [0.25, 0.3) is 0 Å². The Morgan fingerprint density at radius 3 is 1.84 bits per heavy atom. The minimum absolute atomic E-state index is 0.583. The summed E-state index contributed by atoms with van der Waals surface area (Å²) in [6.45, 7) is 0. The molecule has 9 aromatic carbocycles. The number of hydrogen-bond acceptors (Lipinski definition) is 5. The summed E-state index contributed by atoms with van der Waals surface area (Å²) in [4.78, 5) is 15.9. The summed E-state index contributed by atoms with van der Waals surface area (Å²) in [7, 11) is 0. The number of nitrogens with zero attached hydrogens (tertiary/aromatic N) is 4. The molecule has 6 heteroatoms. The van der Waals surface area contributed by atoms with E-state index in [0.29, 0.717) is 17.5 Å². The summed E-state index contributed by atoms with van der Waals surface area (Å²) in [5, 5.41) is 9.20. The Morgan fingerprint density at radius 1 is 0.361 bits per heavy atom. The van der Waals surface area contributed by atoms with E-state index in [4.69, 9.17) is 19.4 Å². The predicted molar refractivity (Wildman–Crippen MR) is 254 cm³/mol. The molecule has 0 fully saturated rings. The molecule has 0 bridgehead atoms. The monoisotopic (exact) mass is 796 g/mol. The van der Waals surface area contributed by atoms with E-state index in [1.165, 1.54) is 41.7 Å². The van der Waals surface area contributed by atoms with Crippen LogP contribution in [0.5, 0.6) is 0 Å². The van der Waals surface area contributed by atoms with Crippen LogP contribution in [0.4, 0.5) is 0 Å². The largest absolute Gasteiger partial charge is 0.454 e. The molecule has 4 aromatic heterocycles. The highest BCUT2D eigenvalue weighted by atomic mass is 32.1. The highest BCUT2D eigenvalue weighted by Crippen LogP contribution is 2.42. The maximum Gasteiger partial charge on any atom is 0.164 e. The van der Waals surface area contributed by atoms with Crippen molar-refractivity contribution in [3.63, 3.8) is 0 Å². The van der Waals surface area contributed by atoms with Crippen molar-refractivity contribution in [2.24, 2.45) is 0 Å². The molecule has 0 atom stereocenters. The highest BCUT2D eigenvalue weighted by Gasteiger charge is 2.22. The Morgan fingerprint density at radius 2 is 0.984 bits per heavy atom. The molecular weight excluding hydrogens is 765 g/mol. The first kappa shape index (κ1) is 34.0. The Labute approximate surface area is 353 Å². The van der Waals surface area contributed by atoms with Crippen molar-refractivity contribution in [1.29, 1.82) is 0 Å². The standard InChI is InChI=1S/C55H32N4OS/c1-2-13-33(14-3-1)34-17-12-18-37(27-34)53-56-54(38-25-26-51-44(29-38)42-21-8-11-24-50(42)61-51)58-55(57-53)39-30-45-41-20-7-10-23-49(41)60-52(45)48(32-39)59-46-22-9-6-19-40(46)43-28-35-15-4-5-16-36(35)31-47(43)59/h1-32H. The molecule has 5 nitrogen and oxygen atoms in total. The second-order valence-electron chi connectivity index (χ2n) is 15.6. The summed E-state index contributed by atoms with van der Waals surface area (Å²) in [6, 6.07) is 68.6. The van der Waals surface area contributed by atoms with Crippen molar-refractivity contribution in [1.82, 2.24) is 19.5 Å². The lowest BCUT2D eigenvalue weighted by Gasteiger charge is -2.13. The van der Waals surface area contributed by atoms with Crippen molar-refractivity contribution < 1.29 is 4.42 Å². The third-order valence-corrected chi connectivity index (χ3v) is 13.1. The van der Waals surface area contributed by atoms with Crippen LogP contribution in [-0.4, -0.2) is 19.5 Å². The fourth-order valence-corrected chi connectivity index (χ4v) is 10.2. The van der Waals surface area contributed by atoms with E-state index >= 15 is 0 Å². The van der Waals surface area contributed by atoms with Gasteiger partial charge < -0.3 is 8.98 Å². The minimum atomic E-state index is 0.583. The molecule has 0 aliphatic heterocycles. The molecule has 0 N–H and O–H groups in total. The van der Waals surface area contributed by atoms with E-state index < -0.39 is 0 Å². The molecule has 0 saturated carbocycles. The third-order valence-electron chi connectivity index (χ3n) is 12.0. The number of rotatable bonds is 5. The Hall–Kier alpha value is -7.93. The van der Waals surface area contributed by atoms with Crippen LogP contribution >= 0.6 is 11.3 Å². The zero-order valence-electron chi connectivity index (χ0n) is 32.6. The maximum atomic E-state index is 6.82. The topological polar surface area (TPSA) is 56.7 Å². The van der Waals surface area contributed by atoms with E-state index in [9.17, 15) is 0 Å². The minimum Gasteiger partial charge on any atom is -0.454 e. The van der Waals surface area contributed by atoms with Gasteiger partial charge in [0.2, 0.25) is 0 Å². The lowest BCUT2D eigenvalue weighted by molar-refractivity contribution is 0.666. The second-order valence-corrected chi connectivity index (χ2v) is 16.7. The summed E-state index contributed by atoms with van der Waals surface area (Å²) >= 11 is 1.81. The average Bonchev–Trinajstić information content (AvgIpc) is 4.00. The van der Waals surface area contributed by atoms with Crippen molar-refractivity contribution in [3.05, 3.63) is 194 Å². The van der Waals surface area contributed by atoms with Gasteiger partial charge in [0.1, 0.15) is 5.58 Å². The molecule has 13 rings (SSSR count). The van der Waals surface area contributed by atoms with Gasteiger partial charge in [-0.1, -0.05) is 127 Å². The van der Waals surface area contributed by atoms with Crippen LogP contribution in [0.25, 0.3) is 126 Å². The van der Waals surface area contributed by atoms with Crippen LogP contribution < -0.4 is 0 Å². The van der Waals surface area contributed by atoms with Crippen LogP contribution in [0, 0.1) is 0 Å². The predicted octanol–water partition coefficient (Wildman–Crippen LogP) is 15.1. The molecule has 284 valence electrons. The number of para-hydroxylation sites is 2. The summed E-state index contributed by atoms with van der Waals surface area (Å²) in [6.07, 6.45) is 0. The van der Waals surface area contributed by atoms with Crippen LogP contribution in [0.3, 0.4) is 0 Å². The summed E-state index contributed by atoms with van der Waals surface area (Å²) in [5.74, 6) is 1.81. The number of hydrogen-bond donors (Lipinski definition) is 0. The Balaban J connectivity index is 1.10. The Kier molecular flexibility index (Phi) is 7.41. The van der Waals surface area contributed by atoms with E-state index in [2.05, 4.69) is 180 Å². The molecule has 13 aromatic rings. The quantitative estimate of drug-likeness (QED) is 0.174. The maximum absolute atomic E-state index is 6.82. The second kappa shape index (κ2) is 13.3. The molecule has 0 radical (unpaired) electrons. The van der Waals surface area contributed by atoms with E-state index in [1.807, 2.05) is 18.2 Å². The highest BCUT2D eigenvalue weighted by molar-refractivity contribution is 7.25. The van der Waals surface area contributed by atoms with Crippen molar-refractivity contribution >= 4 is 86.0 Å². The van der Waals surface area contributed by atoms with Crippen LogP contribution in [0.15, 0.2) is 199 Å². The number of benzene rings is 9. The molecule has 4 heterocycles. The van der Waals surface area contributed by atoms with E-state index in [-0.39, 0.29) is 0 Å².